The van der Waals surface area contributed by atoms with Gasteiger partial charge in [0.15, 0.2) is 0 Å². The Bertz CT molecular complexity index is 248. The van der Waals surface area contributed by atoms with Crippen LogP contribution < -0.4 is 0 Å². The number of rotatable bonds is 2. The number of hydrogen-bond acceptors (Lipinski definition) is 2. The lowest BCUT2D eigenvalue weighted by Gasteiger charge is -2.17. The number of hydrogen-bond donors (Lipinski definition) is 2. The van der Waals surface area contributed by atoms with Gasteiger partial charge in [0.1, 0.15) is 5.84 Å². The first-order valence-corrected chi connectivity index (χ1v) is 5.88. The van der Waals surface area contributed by atoms with E-state index in [1.807, 2.05) is 0 Å². The Kier molecular flexibility index (Phi) is 5.22. The predicted octanol–water partition coefficient (Wildman–Crippen LogP) is 3.43. The van der Waals surface area contributed by atoms with Crippen LogP contribution in [0, 0.1) is 16.7 Å². The molecule has 0 unspecified atom stereocenters. The second kappa shape index (κ2) is 6.49. The molecule has 1 rings (SSSR count). The van der Waals surface area contributed by atoms with Crippen molar-refractivity contribution in [3.8, 4) is 0 Å². The molecule has 0 amide bonds. The standard InChI is InChI=1S/C12H21N3/c1-10(13)9-15-12(14)11-7-5-3-2-4-6-8-11/h9,11,13-14H,2-8H2,1H3/b13-10?,14-12?,15-9-. The van der Waals surface area contributed by atoms with Crippen LogP contribution in [-0.4, -0.2) is 17.8 Å². The van der Waals surface area contributed by atoms with E-state index in [-0.39, 0.29) is 0 Å². The molecule has 0 bridgehead atoms. The van der Waals surface area contributed by atoms with E-state index in [9.17, 15) is 0 Å². The van der Waals surface area contributed by atoms with Crippen LogP contribution in [0.15, 0.2) is 4.99 Å². The normalized spacial score (nSPS) is 19.8. The third-order valence-electron chi connectivity index (χ3n) is 2.89. The lowest BCUT2D eigenvalue weighted by atomic mass is 9.90. The minimum absolute atomic E-state index is 0.334. The average Bonchev–Trinajstić information content (AvgIpc) is 2.13. The monoisotopic (exact) mass is 207 g/mol. The predicted molar refractivity (Wildman–Crippen MR) is 65.4 cm³/mol. The van der Waals surface area contributed by atoms with Crippen LogP contribution in [0.2, 0.25) is 0 Å². The van der Waals surface area contributed by atoms with Crippen molar-refractivity contribution in [1.82, 2.24) is 0 Å². The van der Waals surface area contributed by atoms with Crippen molar-refractivity contribution in [3.05, 3.63) is 0 Å². The Labute approximate surface area is 92.0 Å². The van der Waals surface area contributed by atoms with E-state index in [4.69, 9.17) is 10.8 Å². The molecule has 1 aliphatic carbocycles. The molecule has 1 fully saturated rings. The maximum atomic E-state index is 7.85. The van der Waals surface area contributed by atoms with E-state index >= 15 is 0 Å². The largest absolute Gasteiger partial charge is 0.304 e. The molecule has 84 valence electrons. The van der Waals surface area contributed by atoms with Gasteiger partial charge in [-0.2, -0.15) is 0 Å². The van der Waals surface area contributed by atoms with Crippen molar-refractivity contribution >= 4 is 17.8 Å². The van der Waals surface area contributed by atoms with Crippen molar-refractivity contribution in [2.45, 2.75) is 51.9 Å². The molecule has 0 atom stereocenters. The Morgan fingerprint density at radius 1 is 1.07 bits per heavy atom. The second-order valence-electron chi connectivity index (χ2n) is 4.37. The van der Waals surface area contributed by atoms with Gasteiger partial charge in [-0.15, -0.1) is 0 Å². The molecule has 0 saturated heterocycles. The fourth-order valence-electron chi connectivity index (χ4n) is 2.00. The van der Waals surface area contributed by atoms with Crippen molar-refractivity contribution in [3.63, 3.8) is 0 Å². The zero-order valence-electron chi connectivity index (χ0n) is 9.55. The summed E-state index contributed by atoms with van der Waals surface area (Å²) < 4.78 is 0. The van der Waals surface area contributed by atoms with E-state index in [1.54, 1.807) is 6.92 Å². The van der Waals surface area contributed by atoms with E-state index in [2.05, 4.69) is 4.99 Å². The quantitative estimate of drug-likeness (QED) is 0.515. The van der Waals surface area contributed by atoms with E-state index in [0.717, 1.165) is 12.8 Å². The molecule has 0 aromatic rings. The highest BCUT2D eigenvalue weighted by molar-refractivity contribution is 6.29. The molecule has 1 saturated carbocycles. The molecular formula is C12H21N3. The molecule has 0 radical (unpaired) electrons. The van der Waals surface area contributed by atoms with Crippen molar-refractivity contribution < 1.29 is 0 Å². The van der Waals surface area contributed by atoms with Crippen LogP contribution >= 0.6 is 0 Å². The highest BCUT2D eigenvalue weighted by Crippen LogP contribution is 2.23. The van der Waals surface area contributed by atoms with Gasteiger partial charge >= 0.3 is 0 Å². The third-order valence-corrected chi connectivity index (χ3v) is 2.89. The number of nitrogens with one attached hydrogen (secondary N) is 2. The molecule has 0 aromatic carbocycles. The van der Waals surface area contributed by atoms with E-state index in [0.29, 0.717) is 17.5 Å². The molecule has 0 aromatic heterocycles. The van der Waals surface area contributed by atoms with Crippen LogP contribution in [0.3, 0.4) is 0 Å². The summed E-state index contributed by atoms with van der Waals surface area (Å²) in [7, 11) is 0. The molecular weight excluding hydrogens is 186 g/mol. The smallest absolute Gasteiger partial charge is 0.123 e. The first-order valence-electron chi connectivity index (χ1n) is 5.88. The Hall–Kier alpha value is -0.990. The zero-order valence-corrected chi connectivity index (χ0v) is 9.55. The maximum absolute atomic E-state index is 7.85. The summed E-state index contributed by atoms with van der Waals surface area (Å²) in [4.78, 5) is 4.05. The third kappa shape index (κ3) is 4.86. The van der Waals surface area contributed by atoms with Gasteiger partial charge in [-0.25, -0.2) is 4.99 Å². The number of aliphatic imine (C=N–C) groups is 1. The summed E-state index contributed by atoms with van der Waals surface area (Å²) in [6.45, 7) is 1.69. The van der Waals surface area contributed by atoms with Crippen LogP contribution in [0.4, 0.5) is 0 Å². The molecule has 15 heavy (non-hydrogen) atoms. The highest BCUT2D eigenvalue weighted by atomic mass is 14.8. The SMILES string of the molecule is CC(=N)/C=N\C(=N)C1CCCCCCC1. The van der Waals surface area contributed by atoms with Crippen LogP contribution in [0.1, 0.15) is 51.9 Å². The van der Waals surface area contributed by atoms with Crippen molar-refractivity contribution in [2.75, 3.05) is 0 Å². The molecule has 0 heterocycles. The van der Waals surface area contributed by atoms with E-state index in [1.165, 1.54) is 38.3 Å². The molecule has 0 spiro atoms. The molecule has 2 N–H and O–H groups in total. The Balaban J connectivity index is 2.45. The Morgan fingerprint density at radius 3 is 2.13 bits per heavy atom. The number of amidine groups is 1. The van der Waals surface area contributed by atoms with Crippen molar-refractivity contribution in [2.24, 2.45) is 10.9 Å². The summed E-state index contributed by atoms with van der Waals surface area (Å²) in [6, 6.07) is 0. The summed E-state index contributed by atoms with van der Waals surface area (Å²) in [5.41, 5.74) is 0.422. The average molecular weight is 207 g/mol. The lowest BCUT2D eigenvalue weighted by Crippen LogP contribution is -2.14. The highest BCUT2D eigenvalue weighted by Gasteiger charge is 2.15. The molecule has 3 nitrogen and oxygen atoms in total. The van der Waals surface area contributed by atoms with Gasteiger partial charge < -0.3 is 5.41 Å². The summed E-state index contributed by atoms with van der Waals surface area (Å²) >= 11 is 0. The fourth-order valence-corrected chi connectivity index (χ4v) is 2.00. The minimum atomic E-state index is 0.334. The van der Waals surface area contributed by atoms with Gasteiger partial charge in [0.05, 0.1) is 0 Å². The summed E-state index contributed by atoms with van der Waals surface area (Å²) in [6.07, 6.45) is 10.1. The maximum Gasteiger partial charge on any atom is 0.123 e. The van der Waals surface area contributed by atoms with Crippen molar-refractivity contribution in [1.29, 1.82) is 10.8 Å². The minimum Gasteiger partial charge on any atom is -0.304 e. The van der Waals surface area contributed by atoms with E-state index < -0.39 is 0 Å². The van der Waals surface area contributed by atoms with Gasteiger partial charge in [-0.1, -0.05) is 32.1 Å². The fraction of sp³-hybridized carbons (Fsp3) is 0.750. The van der Waals surface area contributed by atoms with Crippen LogP contribution in [0.5, 0.6) is 0 Å². The molecule has 1 aliphatic rings. The van der Waals surface area contributed by atoms with Gasteiger partial charge in [0.25, 0.3) is 0 Å². The molecule has 3 heteroatoms. The van der Waals surface area contributed by atoms with Gasteiger partial charge in [0, 0.05) is 17.8 Å². The summed E-state index contributed by atoms with van der Waals surface area (Å²) in [5.74, 6) is 0.810. The first-order chi connectivity index (χ1) is 7.20. The zero-order chi connectivity index (χ0) is 11.1. The van der Waals surface area contributed by atoms with Gasteiger partial charge in [-0.3, -0.25) is 5.41 Å². The van der Waals surface area contributed by atoms with Gasteiger partial charge in [0.2, 0.25) is 0 Å². The second-order valence-corrected chi connectivity index (χ2v) is 4.37. The molecule has 0 aliphatic heterocycles. The van der Waals surface area contributed by atoms with Gasteiger partial charge in [-0.05, 0) is 19.8 Å². The number of nitrogens with zero attached hydrogens (tertiary/aromatic N) is 1. The Morgan fingerprint density at radius 2 is 1.60 bits per heavy atom. The first kappa shape index (κ1) is 12.1. The topological polar surface area (TPSA) is 60.1 Å². The van der Waals surface area contributed by atoms with Crippen LogP contribution in [-0.2, 0) is 0 Å². The summed E-state index contributed by atoms with van der Waals surface area (Å²) in [5, 5.41) is 15.1. The van der Waals surface area contributed by atoms with Crippen LogP contribution in [0.25, 0.3) is 0 Å². The lowest BCUT2D eigenvalue weighted by molar-refractivity contribution is 0.449.